The van der Waals surface area contributed by atoms with Crippen LogP contribution in [0.4, 0.5) is 17.1 Å². The average Bonchev–Trinajstić information content (AvgIpc) is 3.18. The molecule has 0 spiro atoms. The number of benzene rings is 2. The van der Waals surface area contributed by atoms with Gasteiger partial charge in [-0.05, 0) is 18.2 Å². The first-order chi connectivity index (χ1) is 26.8. The summed E-state index contributed by atoms with van der Waals surface area (Å²) in [6.45, 7) is 7.91. The van der Waals surface area contributed by atoms with E-state index in [0.717, 1.165) is 6.07 Å². The quantitative estimate of drug-likeness (QED) is 0.0444. The first-order valence-electron chi connectivity index (χ1n) is 17.7. The van der Waals surface area contributed by atoms with Gasteiger partial charge in [0.15, 0.2) is 0 Å². The number of nitro groups is 2. The van der Waals surface area contributed by atoms with Crippen molar-refractivity contribution in [2.24, 2.45) is 0 Å². The summed E-state index contributed by atoms with van der Waals surface area (Å²) in [5.41, 5.74) is -0.548. The largest absolute Gasteiger partial charge is 0.377 e. The van der Waals surface area contributed by atoms with E-state index < -0.39 is 20.0 Å². The van der Waals surface area contributed by atoms with Crippen molar-refractivity contribution in [3.63, 3.8) is 0 Å². The van der Waals surface area contributed by atoms with Gasteiger partial charge >= 0.3 is 0 Å². The van der Waals surface area contributed by atoms with Crippen molar-refractivity contribution in [1.82, 2.24) is 0 Å². The predicted octanol–water partition coefficient (Wildman–Crippen LogP) is 2.49. The van der Waals surface area contributed by atoms with Crippen LogP contribution in [0.15, 0.2) is 53.4 Å². The summed E-state index contributed by atoms with van der Waals surface area (Å²) in [5.74, 6) is 0. The van der Waals surface area contributed by atoms with Gasteiger partial charge in [-0.3, -0.25) is 24.4 Å². The van der Waals surface area contributed by atoms with E-state index in [2.05, 4.69) is 5.32 Å². The van der Waals surface area contributed by atoms with Crippen LogP contribution in [0.5, 0.6) is 0 Å². The Kier molecular flexibility index (Phi) is 27.5. The third-order valence-electron chi connectivity index (χ3n) is 6.80. The number of nitrogens with one attached hydrogen (secondary N) is 1. The molecular formula is C34H53N3O17S. The summed E-state index contributed by atoms with van der Waals surface area (Å²) in [4.78, 5) is 20.7. The van der Waals surface area contributed by atoms with Gasteiger partial charge in [-0.2, -0.15) is 8.42 Å². The second kappa shape index (κ2) is 31.7. The molecule has 0 bridgehead atoms. The Bertz CT molecular complexity index is 1390. The second-order valence-electron chi connectivity index (χ2n) is 10.9. The highest BCUT2D eigenvalue weighted by atomic mass is 32.2. The maximum Gasteiger partial charge on any atom is 0.299 e. The van der Waals surface area contributed by atoms with Crippen LogP contribution in [0.25, 0.3) is 0 Å². The number of ether oxygens (including phenoxy) is 10. The van der Waals surface area contributed by atoms with Crippen molar-refractivity contribution in [1.29, 1.82) is 0 Å². The van der Waals surface area contributed by atoms with Crippen molar-refractivity contribution in [3.05, 3.63) is 68.8 Å². The number of non-ortho nitro benzene ring substituents is 1. The minimum absolute atomic E-state index is 0.0740. The molecule has 21 heteroatoms. The maximum absolute atomic E-state index is 12.0. The van der Waals surface area contributed by atoms with Gasteiger partial charge in [0.2, 0.25) is 0 Å². The Balaban J connectivity index is 1.20. The summed E-state index contributed by atoms with van der Waals surface area (Å²) in [6.07, 6.45) is 0. The molecule has 55 heavy (non-hydrogen) atoms. The minimum atomic E-state index is -3.77. The zero-order chi connectivity index (χ0) is 39.7. The molecule has 0 aromatic heterocycles. The molecule has 0 amide bonds. The van der Waals surface area contributed by atoms with E-state index in [9.17, 15) is 28.6 Å². The van der Waals surface area contributed by atoms with Crippen molar-refractivity contribution < 1.29 is 69.8 Å². The van der Waals surface area contributed by atoms with Gasteiger partial charge in [0.1, 0.15) is 5.69 Å². The predicted molar refractivity (Wildman–Crippen MR) is 196 cm³/mol. The van der Waals surface area contributed by atoms with Gasteiger partial charge in [0, 0.05) is 12.6 Å². The molecule has 2 rings (SSSR count). The molecule has 0 saturated carbocycles. The van der Waals surface area contributed by atoms with Gasteiger partial charge in [-0.15, -0.1) is 0 Å². The lowest BCUT2D eigenvalue weighted by Crippen LogP contribution is -2.16. The molecule has 0 radical (unpaired) electrons. The van der Waals surface area contributed by atoms with Gasteiger partial charge in [-0.1, -0.05) is 18.2 Å². The van der Waals surface area contributed by atoms with Gasteiger partial charge in [0.05, 0.1) is 160 Å². The van der Waals surface area contributed by atoms with E-state index in [-0.39, 0.29) is 48.3 Å². The lowest BCUT2D eigenvalue weighted by atomic mass is 10.2. The highest BCUT2D eigenvalue weighted by molar-refractivity contribution is 7.86. The van der Waals surface area contributed by atoms with Crippen LogP contribution in [-0.2, 0) is 61.7 Å². The van der Waals surface area contributed by atoms with E-state index in [1.54, 1.807) is 18.2 Å². The lowest BCUT2D eigenvalue weighted by molar-refractivity contribution is -0.393. The Labute approximate surface area is 320 Å². The molecule has 2 aromatic rings. The van der Waals surface area contributed by atoms with E-state index in [1.165, 1.54) is 24.3 Å². The fraction of sp³-hybridized carbons (Fsp3) is 0.647. The van der Waals surface area contributed by atoms with Gasteiger partial charge in [-0.25, -0.2) is 0 Å². The number of hydrogen-bond donors (Lipinski definition) is 1. The summed E-state index contributed by atoms with van der Waals surface area (Å²) >= 11 is 0. The zero-order valence-electron chi connectivity index (χ0n) is 30.9. The molecule has 0 aliphatic carbocycles. The molecule has 0 saturated heterocycles. The first-order valence-corrected chi connectivity index (χ1v) is 19.1. The molecule has 20 nitrogen and oxygen atoms in total. The number of nitrogens with zero attached hydrogens (tertiary/aromatic N) is 2. The van der Waals surface area contributed by atoms with Crippen LogP contribution < -0.4 is 5.32 Å². The van der Waals surface area contributed by atoms with Crippen LogP contribution in [0.1, 0.15) is 0 Å². The van der Waals surface area contributed by atoms with E-state index >= 15 is 0 Å². The molecule has 0 atom stereocenters. The number of hydrogen-bond acceptors (Lipinski definition) is 18. The summed E-state index contributed by atoms with van der Waals surface area (Å²) < 4.78 is 83.1. The molecule has 312 valence electrons. The van der Waals surface area contributed by atoms with E-state index in [1.807, 2.05) is 0 Å². The zero-order valence-corrected chi connectivity index (χ0v) is 31.7. The Morgan fingerprint density at radius 3 is 1.20 bits per heavy atom. The minimum Gasteiger partial charge on any atom is -0.377 e. The third kappa shape index (κ3) is 24.6. The van der Waals surface area contributed by atoms with Crippen molar-refractivity contribution >= 4 is 27.2 Å². The Morgan fingerprint density at radius 1 is 0.473 bits per heavy atom. The maximum atomic E-state index is 12.0. The van der Waals surface area contributed by atoms with Gasteiger partial charge in [0.25, 0.3) is 21.5 Å². The third-order valence-corrected chi connectivity index (χ3v) is 8.12. The topological polar surface area (TPSA) is 234 Å². The molecule has 0 aliphatic rings. The lowest BCUT2D eigenvalue weighted by Gasteiger charge is -2.09. The molecule has 0 heterocycles. The standard InChI is InChI=1S/C34H53N3O17S/c38-36(39)31-6-7-33(34(30-31)37(40)41)35-8-9-44-10-11-45-12-13-46-14-15-47-16-17-48-18-19-49-20-21-50-22-23-51-24-25-52-26-27-53-28-29-54-55(42,43)32-4-2-1-3-5-32/h1-7,30,35H,8-29H2. The molecule has 0 fully saturated rings. The molecule has 0 aliphatic heterocycles. The molecule has 2 aromatic carbocycles. The fourth-order valence-corrected chi connectivity index (χ4v) is 5.05. The van der Waals surface area contributed by atoms with Crippen molar-refractivity contribution in [2.45, 2.75) is 4.90 Å². The average molecular weight is 808 g/mol. The van der Waals surface area contributed by atoms with Crippen LogP contribution in [-0.4, -0.2) is 164 Å². The van der Waals surface area contributed by atoms with Crippen molar-refractivity contribution in [2.75, 3.05) is 151 Å². The number of anilines is 1. The summed E-state index contributed by atoms with van der Waals surface area (Å²) in [6, 6.07) is 11.3. The monoisotopic (exact) mass is 807 g/mol. The van der Waals surface area contributed by atoms with Crippen LogP contribution in [0.3, 0.4) is 0 Å². The summed E-state index contributed by atoms with van der Waals surface area (Å²) in [7, 11) is -3.77. The van der Waals surface area contributed by atoms with Crippen LogP contribution in [0, 0.1) is 20.2 Å². The van der Waals surface area contributed by atoms with Crippen molar-refractivity contribution in [3.8, 4) is 0 Å². The number of rotatable bonds is 38. The van der Waals surface area contributed by atoms with Crippen LogP contribution in [0.2, 0.25) is 0 Å². The molecule has 0 unspecified atom stereocenters. The fourth-order valence-electron chi connectivity index (χ4n) is 4.13. The smallest absolute Gasteiger partial charge is 0.299 e. The molecule has 1 N–H and O–H groups in total. The molecular weight excluding hydrogens is 754 g/mol. The first kappa shape index (κ1) is 47.7. The highest BCUT2D eigenvalue weighted by Crippen LogP contribution is 2.28. The second-order valence-corrected chi connectivity index (χ2v) is 12.5. The Morgan fingerprint density at radius 2 is 0.836 bits per heavy atom. The van der Waals surface area contributed by atoms with Crippen LogP contribution >= 0.6 is 0 Å². The Hall–Kier alpha value is -3.45. The van der Waals surface area contributed by atoms with E-state index in [0.29, 0.717) is 119 Å². The highest BCUT2D eigenvalue weighted by Gasteiger charge is 2.19. The normalized spacial score (nSPS) is 11.6. The van der Waals surface area contributed by atoms with E-state index in [4.69, 9.17) is 51.6 Å². The number of nitro benzene ring substituents is 2. The summed E-state index contributed by atoms with van der Waals surface area (Å²) in [5, 5.41) is 24.8. The SMILES string of the molecule is O=[N+]([O-])c1ccc(NCCOCCOCCOCCOCCOCCOCCOCCOCCOCCOCCOS(=O)(=O)c2ccccc2)c([N+](=O)[O-])c1. The van der Waals surface area contributed by atoms with Gasteiger partial charge < -0.3 is 52.7 Å².